The Hall–Kier alpha value is -4.54. The molecule has 1 fully saturated rings. The zero-order chi connectivity index (χ0) is 29.1. The Morgan fingerprint density at radius 2 is 1.63 bits per heavy atom. The molecule has 1 aliphatic rings. The summed E-state index contributed by atoms with van der Waals surface area (Å²) < 4.78 is 72.0. The lowest BCUT2D eigenvalue weighted by molar-refractivity contribution is 0.0822. The minimum absolute atomic E-state index is 0.0658. The number of aromatic nitrogens is 4. The van der Waals surface area contributed by atoms with E-state index in [9.17, 15) is 18.3 Å². The van der Waals surface area contributed by atoms with Crippen LogP contribution in [0.2, 0.25) is 0 Å². The van der Waals surface area contributed by atoms with Crippen molar-refractivity contribution in [2.75, 3.05) is 7.11 Å². The predicted molar refractivity (Wildman–Crippen MR) is 143 cm³/mol. The standard InChI is InChI=1S/C30H26F4N4O3/c1-30(2,41-26-24(33)11-18(31)12-25(26)34)29-36-35-27(38(29)19-6-7-19)22-10-17-15-37(28(39)21(17)13-23(22)32)14-16-4-8-20(40-3)9-5-16/h4-5,8-13,15,19,39H,6-7,14H2,1-3H3. The van der Waals surface area contributed by atoms with Crippen LogP contribution in [0.15, 0.2) is 54.7 Å². The second kappa shape index (κ2) is 9.83. The lowest BCUT2D eigenvalue weighted by Crippen LogP contribution is -2.30. The third-order valence-electron chi connectivity index (χ3n) is 7.17. The summed E-state index contributed by atoms with van der Waals surface area (Å²) in [6.07, 6.45) is 3.27. The zero-order valence-corrected chi connectivity index (χ0v) is 22.5. The molecule has 1 saturated carbocycles. The molecule has 0 aliphatic heterocycles. The van der Waals surface area contributed by atoms with Crippen molar-refractivity contribution >= 4 is 10.8 Å². The van der Waals surface area contributed by atoms with Gasteiger partial charge in [-0.2, -0.15) is 0 Å². The minimum atomic E-state index is -1.41. The fourth-order valence-corrected chi connectivity index (χ4v) is 4.99. The maximum atomic E-state index is 15.6. The van der Waals surface area contributed by atoms with Crippen LogP contribution in [-0.2, 0) is 12.1 Å². The van der Waals surface area contributed by atoms with Gasteiger partial charge in [0.15, 0.2) is 40.5 Å². The summed E-state index contributed by atoms with van der Waals surface area (Å²) in [7, 11) is 1.58. The van der Waals surface area contributed by atoms with Gasteiger partial charge in [0, 0.05) is 35.1 Å². The van der Waals surface area contributed by atoms with E-state index in [0.29, 0.717) is 35.2 Å². The molecule has 0 atom stereocenters. The Morgan fingerprint density at radius 3 is 2.27 bits per heavy atom. The van der Waals surface area contributed by atoms with Gasteiger partial charge in [-0.25, -0.2) is 17.6 Å². The van der Waals surface area contributed by atoms with Crippen molar-refractivity contribution in [3.63, 3.8) is 0 Å². The number of halogens is 4. The van der Waals surface area contributed by atoms with Gasteiger partial charge in [0.2, 0.25) is 0 Å². The summed E-state index contributed by atoms with van der Waals surface area (Å²) in [5.74, 6) is -3.73. The number of hydrogen-bond donors (Lipinski definition) is 1. The van der Waals surface area contributed by atoms with Crippen molar-refractivity contribution < 1.29 is 32.1 Å². The van der Waals surface area contributed by atoms with Crippen LogP contribution in [0.25, 0.3) is 22.2 Å². The molecule has 5 aromatic rings. The molecule has 41 heavy (non-hydrogen) atoms. The number of fused-ring (bicyclic) bond motifs is 1. The first-order valence-electron chi connectivity index (χ1n) is 13.0. The molecule has 0 bridgehead atoms. The van der Waals surface area contributed by atoms with Gasteiger partial charge in [-0.1, -0.05) is 12.1 Å². The summed E-state index contributed by atoms with van der Waals surface area (Å²) in [5.41, 5.74) is -0.343. The van der Waals surface area contributed by atoms with Gasteiger partial charge in [-0.3, -0.25) is 0 Å². The molecule has 0 spiro atoms. The van der Waals surface area contributed by atoms with E-state index in [1.807, 2.05) is 24.3 Å². The maximum Gasteiger partial charge on any atom is 0.199 e. The van der Waals surface area contributed by atoms with Crippen LogP contribution in [0, 0.1) is 23.3 Å². The Balaban J connectivity index is 1.38. The highest BCUT2D eigenvalue weighted by atomic mass is 19.1. The van der Waals surface area contributed by atoms with Gasteiger partial charge < -0.3 is 23.7 Å². The summed E-state index contributed by atoms with van der Waals surface area (Å²) in [4.78, 5) is 0. The molecule has 3 aromatic carbocycles. The first kappa shape index (κ1) is 26.7. The molecule has 0 amide bonds. The molecule has 1 aliphatic carbocycles. The number of benzene rings is 3. The molecule has 7 nitrogen and oxygen atoms in total. The number of nitrogens with zero attached hydrogens (tertiary/aromatic N) is 4. The number of rotatable bonds is 8. The quantitative estimate of drug-likeness (QED) is 0.208. The monoisotopic (exact) mass is 566 g/mol. The van der Waals surface area contributed by atoms with Crippen molar-refractivity contribution in [2.24, 2.45) is 0 Å². The fraction of sp³-hybridized carbons (Fsp3) is 0.267. The average molecular weight is 567 g/mol. The number of ether oxygens (including phenoxy) is 2. The largest absolute Gasteiger partial charge is 0.497 e. The van der Waals surface area contributed by atoms with Crippen LogP contribution in [0.5, 0.6) is 17.4 Å². The Bertz CT molecular complexity index is 1750. The normalized spacial score (nSPS) is 13.6. The Morgan fingerprint density at radius 1 is 0.951 bits per heavy atom. The van der Waals surface area contributed by atoms with E-state index in [1.165, 1.54) is 6.07 Å². The van der Waals surface area contributed by atoms with Gasteiger partial charge in [0.05, 0.1) is 19.2 Å². The summed E-state index contributed by atoms with van der Waals surface area (Å²) >= 11 is 0. The molecule has 0 radical (unpaired) electrons. The van der Waals surface area contributed by atoms with Crippen molar-refractivity contribution in [3.05, 3.63) is 89.4 Å². The topological polar surface area (TPSA) is 74.3 Å². The molecule has 11 heteroatoms. The van der Waals surface area contributed by atoms with Gasteiger partial charge in [-0.15, -0.1) is 10.2 Å². The third kappa shape index (κ3) is 4.85. The lowest BCUT2D eigenvalue weighted by Gasteiger charge is -2.27. The second-order valence-corrected chi connectivity index (χ2v) is 10.6. The van der Waals surface area contributed by atoms with E-state index in [-0.39, 0.29) is 29.1 Å². The zero-order valence-electron chi connectivity index (χ0n) is 22.5. The molecule has 0 saturated heterocycles. The molecule has 1 N–H and O–H groups in total. The van der Waals surface area contributed by atoms with E-state index in [2.05, 4.69) is 10.2 Å². The van der Waals surface area contributed by atoms with E-state index in [4.69, 9.17) is 9.47 Å². The second-order valence-electron chi connectivity index (χ2n) is 10.6. The van der Waals surface area contributed by atoms with Crippen molar-refractivity contribution in [3.8, 4) is 28.8 Å². The van der Waals surface area contributed by atoms with Crippen LogP contribution in [0.1, 0.15) is 44.1 Å². The van der Waals surface area contributed by atoms with Crippen LogP contribution < -0.4 is 9.47 Å². The maximum absolute atomic E-state index is 15.6. The average Bonchev–Trinajstić information content (AvgIpc) is 3.60. The third-order valence-corrected chi connectivity index (χ3v) is 7.17. The van der Waals surface area contributed by atoms with Crippen LogP contribution in [-0.4, -0.2) is 31.5 Å². The lowest BCUT2D eigenvalue weighted by atomic mass is 10.1. The molecule has 0 unspecified atom stereocenters. The highest BCUT2D eigenvalue weighted by Crippen LogP contribution is 2.43. The molecular formula is C30H26F4N4O3. The summed E-state index contributed by atoms with van der Waals surface area (Å²) in [6.45, 7) is 3.46. The number of aromatic hydroxyl groups is 1. The smallest absolute Gasteiger partial charge is 0.199 e. The summed E-state index contributed by atoms with van der Waals surface area (Å²) in [5, 5.41) is 20.3. The Kier molecular flexibility index (Phi) is 6.39. The van der Waals surface area contributed by atoms with E-state index < -0.39 is 34.6 Å². The first-order chi connectivity index (χ1) is 19.6. The van der Waals surface area contributed by atoms with E-state index in [1.54, 1.807) is 42.4 Å². The highest BCUT2D eigenvalue weighted by molar-refractivity contribution is 5.91. The number of hydrogen-bond acceptors (Lipinski definition) is 5. The summed E-state index contributed by atoms with van der Waals surface area (Å²) in [6, 6.07) is 11.2. The van der Waals surface area contributed by atoms with Gasteiger partial charge in [-0.05, 0) is 56.5 Å². The SMILES string of the molecule is COc1ccc(Cn2cc3cc(-c4nnc(C(C)(C)Oc5c(F)cc(F)cc5F)n4C4CC4)c(F)cc3c2O)cc1. The van der Waals surface area contributed by atoms with Crippen LogP contribution in [0.4, 0.5) is 17.6 Å². The van der Waals surface area contributed by atoms with Gasteiger partial charge in [0.1, 0.15) is 17.4 Å². The highest BCUT2D eigenvalue weighted by Gasteiger charge is 2.39. The molecular weight excluding hydrogens is 540 g/mol. The van der Waals surface area contributed by atoms with E-state index in [0.717, 1.165) is 18.4 Å². The van der Waals surface area contributed by atoms with Crippen molar-refractivity contribution in [1.82, 2.24) is 19.3 Å². The molecule has 2 heterocycles. The van der Waals surface area contributed by atoms with Crippen LogP contribution >= 0.6 is 0 Å². The van der Waals surface area contributed by atoms with Crippen molar-refractivity contribution in [2.45, 2.75) is 44.9 Å². The minimum Gasteiger partial charge on any atom is -0.497 e. The van der Waals surface area contributed by atoms with Gasteiger partial charge in [0.25, 0.3) is 0 Å². The Labute approximate surface area is 232 Å². The fourth-order valence-electron chi connectivity index (χ4n) is 4.99. The van der Waals surface area contributed by atoms with E-state index >= 15 is 4.39 Å². The van der Waals surface area contributed by atoms with Crippen LogP contribution in [0.3, 0.4) is 0 Å². The molecule has 212 valence electrons. The van der Waals surface area contributed by atoms with Gasteiger partial charge >= 0.3 is 0 Å². The molecule has 6 rings (SSSR count). The molecule has 2 aromatic heterocycles. The van der Waals surface area contributed by atoms with Crippen molar-refractivity contribution in [1.29, 1.82) is 0 Å². The number of methoxy groups -OCH3 is 1. The predicted octanol–water partition coefficient (Wildman–Crippen LogP) is 6.87. The first-order valence-corrected chi connectivity index (χ1v) is 13.0.